The average Bonchev–Trinajstić information content (AvgIpc) is 2.77. The number of nitrogens with zero attached hydrogens (tertiary/aromatic N) is 1. The second kappa shape index (κ2) is 6.71. The Morgan fingerprint density at radius 1 is 1.04 bits per heavy atom. The molecule has 2 N–H and O–H groups in total. The Bertz CT molecular complexity index is 565. The van der Waals surface area contributed by atoms with Gasteiger partial charge >= 0.3 is 6.03 Å². The molecule has 5 nitrogen and oxygen atoms in total. The van der Waals surface area contributed by atoms with Gasteiger partial charge in [-0.05, 0) is 18.4 Å². The fourth-order valence-electron chi connectivity index (χ4n) is 3.64. The number of hydrogen-bond donors (Lipinski definition) is 2. The maximum Gasteiger partial charge on any atom is 0.325 e. The van der Waals surface area contributed by atoms with Gasteiger partial charge in [-0.1, -0.05) is 62.4 Å². The van der Waals surface area contributed by atoms with Gasteiger partial charge in [-0.3, -0.25) is 9.69 Å². The van der Waals surface area contributed by atoms with Crippen molar-refractivity contribution in [2.24, 2.45) is 0 Å². The number of aliphatic hydroxyl groups is 1. The molecule has 0 radical (unpaired) electrons. The predicted octanol–water partition coefficient (Wildman–Crippen LogP) is 2.75. The lowest BCUT2D eigenvalue weighted by atomic mass is 9.84. The quantitative estimate of drug-likeness (QED) is 0.843. The molecule has 2 aliphatic rings. The van der Waals surface area contributed by atoms with Gasteiger partial charge in [-0.15, -0.1) is 0 Å². The van der Waals surface area contributed by atoms with Crippen LogP contribution in [0.5, 0.6) is 0 Å². The van der Waals surface area contributed by atoms with Gasteiger partial charge in [-0.25, -0.2) is 4.79 Å². The molecule has 1 atom stereocenters. The molecule has 0 unspecified atom stereocenters. The van der Waals surface area contributed by atoms with Crippen molar-refractivity contribution in [3.8, 4) is 0 Å². The third kappa shape index (κ3) is 3.24. The van der Waals surface area contributed by atoms with E-state index in [9.17, 15) is 14.7 Å². The summed E-state index contributed by atoms with van der Waals surface area (Å²) in [6, 6.07) is 8.77. The average molecular weight is 316 g/mol. The van der Waals surface area contributed by atoms with Crippen LogP contribution in [0.4, 0.5) is 4.79 Å². The number of hydrogen-bond acceptors (Lipinski definition) is 3. The summed E-state index contributed by atoms with van der Waals surface area (Å²) in [5.74, 6) is -0.167. The standard InChI is InChI=1S/C18H24N2O3/c21-15(14-9-5-4-6-10-14)13-20-16(22)18(19-17(20)23)11-7-2-1-3-8-12-18/h4-6,9-10,15,21H,1-3,7-8,11-13H2,(H,19,23)/t15-/m1/s1. The Balaban J connectivity index is 1.73. The van der Waals surface area contributed by atoms with E-state index in [0.29, 0.717) is 18.4 Å². The Morgan fingerprint density at radius 3 is 2.30 bits per heavy atom. The first kappa shape index (κ1) is 16.0. The third-order valence-electron chi connectivity index (χ3n) is 4.99. The van der Waals surface area contributed by atoms with E-state index >= 15 is 0 Å². The minimum absolute atomic E-state index is 0.0103. The summed E-state index contributed by atoms with van der Waals surface area (Å²) in [4.78, 5) is 26.4. The van der Waals surface area contributed by atoms with E-state index in [2.05, 4.69) is 5.32 Å². The Hall–Kier alpha value is -1.88. The molecule has 0 aromatic heterocycles. The van der Waals surface area contributed by atoms with Gasteiger partial charge in [0.05, 0.1) is 12.6 Å². The van der Waals surface area contributed by atoms with Crippen molar-refractivity contribution in [2.75, 3.05) is 6.54 Å². The first-order valence-corrected chi connectivity index (χ1v) is 8.49. The lowest BCUT2D eigenvalue weighted by Crippen LogP contribution is -2.47. The molecule has 2 fully saturated rings. The van der Waals surface area contributed by atoms with Crippen molar-refractivity contribution in [3.05, 3.63) is 35.9 Å². The lowest BCUT2D eigenvalue weighted by molar-refractivity contribution is -0.133. The van der Waals surface area contributed by atoms with E-state index in [-0.39, 0.29) is 18.5 Å². The van der Waals surface area contributed by atoms with Crippen LogP contribution in [0.25, 0.3) is 0 Å². The Morgan fingerprint density at radius 2 is 1.65 bits per heavy atom. The maximum absolute atomic E-state index is 12.9. The number of rotatable bonds is 3. The van der Waals surface area contributed by atoms with E-state index in [1.54, 1.807) is 12.1 Å². The largest absolute Gasteiger partial charge is 0.387 e. The van der Waals surface area contributed by atoms with Gasteiger partial charge in [0, 0.05) is 0 Å². The number of amides is 3. The van der Waals surface area contributed by atoms with Crippen molar-refractivity contribution in [3.63, 3.8) is 0 Å². The number of β-amino-alcohol motifs (C(OH)–C–C–N with tert-alkyl or cyclic N) is 1. The summed E-state index contributed by atoms with van der Waals surface area (Å²) in [6.07, 6.45) is 5.89. The minimum Gasteiger partial charge on any atom is -0.387 e. The molecule has 3 amide bonds. The summed E-state index contributed by atoms with van der Waals surface area (Å²) in [7, 11) is 0. The predicted molar refractivity (Wildman–Crippen MR) is 86.7 cm³/mol. The highest BCUT2D eigenvalue weighted by molar-refractivity contribution is 6.07. The lowest BCUT2D eigenvalue weighted by Gasteiger charge is -2.28. The molecule has 1 saturated carbocycles. The number of urea groups is 1. The van der Waals surface area contributed by atoms with Crippen molar-refractivity contribution < 1.29 is 14.7 Å². The smallest absolute Gasteiger partial charge is 0.325 e. The summed E-state index contributed by atoms with van der Waals surface area (Å²) in [5, 5.41) is 13.2. The fraction of sp³-hybridized carbons (Fsp3) is 0.556. The Labute approximate surface area is 136 Å². The number of carbonyl (C=O) groups is 2. The molecule has 5 heteroatoms. The minimum atomic E-state index is -0.852. The van der Waals surface area contributed by atoms with Gasteiger partial charge in [-0.2, -0.15) is 0 Å². The zero-order chi connectivity index (χ0) is 16.3. The molecule has 1 aromatic carbocycles. The molecule has 0 bridgehead atoms. The van der Waals surface area contributed by atoms with Gasteiger partial charge in [0.15, 0.2) is 0 Å². The monoisotopic (exact) mass is 316 g/mol. The van der Waals surface area contributed by atoms with E-state index in [1.165, 1.54) is 11.3 Å². The van der Waals surface area contributed by atoms with Crippen LogP contribution < -0.4 is 5.32 Å². The van der Waals surface area contributed by atoms with Crippen LogP contribution in [-0.4, -0.2) is 34.0 Å². The van der Waals surface area contributed by atoms with Crippen LogP contribution in [0, 0.1) is 0 Å². The number of nitrogens with one attached hydrogen (secondary N) is 1. The maximum atomic E-state index is 12.9. The molecule has 1 aliphatic carbocycles. The van der Waals surface area contributed by atoms with Crippen LogP contribution in [0.2, 0.25) is 0 Å². The van der Waals surface area contributed by atoms with Crippen LogP contribution in [0.3, 0.4) is 0 Å². The molecule has 1 spiro atoms. The number of imide groups is 1. The van der Waals surface area contributed by atoms with E-state index < -0.39 is 11.6 Å². The zero-order valence-electron chi connectivity index (χ0n) is 13.3. The molecule has 124 valence electrons. The fourth-order valence-corrected chi connectivity index (χ4v) is 3.64. The molecule has 1 saturated heterocycles. The number of carbonyl (C=O) groups excluding carboxylic acids is 2. The van der Waals surface area contributed by atoms with Gasteiger partial charge < -0.3 is 10.4 Å². The first-order chi connectivity index (χ1) is 11.1. The van der Waals surface area contributed by atoms with E-state index in [0.717, 1.165) is 25.7 Å². The molecule has 23 heavy (non-hydrogen) atoms. The topological polar surface area (TPSA) is 69.6 Å². The third-order valence-corrected chi connectivity index (χ3v) is 4.99. The normalized spacial score (nSPS) is 22.6. The van der Waals surface area contributed by atoms with E-state index in [1.807, 2.05) is 18.2 Å². The molecule has 1 aromatic rings. The highest BCUT2D eigenvalue weighted by Gasteiger charge is 2.50. The van der Waals surface area contributed by atoms with Crippen LogP contribution in [-0.2, 0) is 4.79 Å². The molecular formula is C18H24N2O3. The number of benzene rings is 1. The summed E-state index contributed by atoms with van der Waals surface area (Å²) in [6.45, 7) is 0.0103. The zero-order valence-corrected chi connectivity index (χ0v) is 13.3. The van der Waals surface area contributed by atoms with Crippen LogP contribution in [0.1, 0.15) is 56.6 Å². The SMILES string of the molecule is O=C1NC2(CCCCCCC2)C(=O)N1C[C@@H](O)c1ccccc1. The summed E-state index contributed by atoms with van der Waals surface area (Å²) >= 11 is 0. The highest BCUT2D eigenvalue weighted by atomic mass is 16.3. The van der Waals surface area contributed by atoms with Crippen molar-refractivity contribution >= 4 is 11.9 Å². The molecule has 1 aliphatic heterocycles. The molecular weight excluding hydrogens is 292 g/mol. The van der Waals surface area contributed by atoms with Crippen molar-refractivity contribution in [1.82, 2.24) is 10.2 Å². The van der Waals surface area contributed by atoms with Gasteiger partial charge in [0.25, 0.3) is 5.91 Å². The second-order valence-electron chi connectivity index (χ2n) is 6.62. The summed E-state index contributed by atoms with van der Waals surface area (Å²) in [5.41, 5.74) is -0.0276. The van der Waals surface area contributed by atoms with E-state index in [4.69, 9.17) is 0 Å². The Kier molecular flexibility index (Phi) is 4.66. The highest BCUT2D eigenvalue weighted by Crippen LogP contribution is 2.32. The van der Waals surface area contributed by atoms with Gasteiger partial charge in [0.2, 0.25) is 0 Å². The first-order valence-electron chi connectivity index (χ1n) is 8.49. The number of aliphatic hydroxyl groups excluding tert-OH is 1. The van der Waals surface area contributed by atoms with Gasteiger partial charge in [0.1, 0.15) is 5.54 Å². The molecule has 3 rings (SSSR count). The summed E-state index contributed by atoms with van der Waals surface area (Å²) < 4.78 is 0. The van der Waals surface area contributed by atoms with Crippen molar-refractivity contribution in [2.45, 2.75) is 56.6 Å². The van der Waals surface area contributed by atoms with Crippen molar-refractivity contribution in [1.29, 1.82) is 0 Å². The molecule has 1 heterocycles. The van der Waals surface area contributed by atoms with Crippen LogP contribution >= 0.6 is 0 Å². The van der Waals surface area contributed by atoms with Crippen LogP contribution in [0.15, 0.2) is 30.3 Å². The second-order valence-corrected chi connectivity index (χ2v) is 6.62.